The van der Waals surface area contributed by atoms with Gasteiger partial charge in [-0.2, -0.15) is 0 Å². The number of nitrogens with zero attached hydrogens (tertiary/aromatic N) is 1. The molecular formula is C11H24N2O. The Kier molecular flexibility index (Phi) is 5.45. The van der Waals surface area contributed by atoms with Crippen LogP contribution in [0.25, 0.3) is 0 Å². The summed E-state index contributed by atoms with van der Waals surface area (Å²) in [6.45, 7) is 8.37. The number of likely N-dealkylation sites (tertiary alicyclic amines) is 1. The SMILES string of the molecule is CCOCCCN1CCC(N)CC1C. The minimum Gasteiger partial charge on any atom is -0.382 e. The molecule has 0 radical (unpaired) electrons. The fourth-order valence-corrected chi connectivity index (χ4v) is 2.10. The van der Waals surface area contributed by atoms with Gasteiger partial charge in [-0.3, -0.25) is 0 Å². The Balaban J connectivity index is 2.11. The summed E-state index contributed by atoms with van der Waals surface area (Å²) in [5.74, 6) is 0. The van der Waals surface area contributed by atoms with Crippen molar-refractivity contribution < 1.29 is 4.74 Å². The molecule has 2 atom stereocenters. The molecule has 0 amide bonds. The minimum absolute atomic E-state index is 0.424. The van der Waals surface area contributed by atoms with Crippen LogP contribution >= 0.6 is 0 Å². The van der Waals surface area contributed by atoms with Crippen LogP contribution in [0.3, 0.4) is 0 Å². The second-order valence-corrected chi connectivity index (χ2v) is 4.22. The van der Waals surface area contributed by atoms with E-state index < -0.39 is 0 Å². The first-order valence-electron chi connectivity index (χ1n) is 5.81. The van der Waals surface area contributed by atoms with Crippen molar-refractivity contribution in [2.75, 3.05) is 26.3 Å². The lowest BCUT2D eigenvalue weighted by Gasteiger charge is -2.36. The maximum atomic E-state index is 5.91. The zero-order valence-corrected chi connectivity index (χ0v) is 9.54. The molecule has 14 heavy (non-hydrogen) atoms. The van der Waals surface area contributed by atoms with Crippen LogP contribution in [0, 0.1) is 0 Å². The molecule has 1 fully saturated rings. The number of rotatable bonds is 5. The first kappa shape index (κ1) is 12.0. The van der Waals surface area contributed by atoms with Crippen LogP contribution in [0.2, 0.25) is 0 Å². The van der Waals surface area contributed by atoms with E-state index in [-0.39, 0.29) is 0 Å². The molecule has 2 N–H and O–H groups in total. The third-order valence-electron chi connectivity index (χ3n) is 2.99. The van der Waals surface area contributed by atoms with Gasteiger partial charge in [-0.1, -0.05) is 0 Å². The maximum Gasteiger partial charge on any atom is 0.0478 e. The van der Waals surface area contributed by atoms with E-state index in [2.05, 4.69) is 11.8 Å². The maximum absolute atomic E-state index is 5.91. The van der Waals surface area contributed by atoms with Crippen molar-refractivity contribution in [3.63, 3.8) is 0 Å². The lowest BCUT2D eigenvalue weighted by atomic mass is 9.99. The normalized spacial score (nSPS) is 29.4. The van der Waals surface area contributed by atoms with E-state index in [9.17, 15) is 0 Å². The molecule has 2 unspecified atom stereocenters. The quantitative estimate of drug-likeness (QED) is 0.678. The summed E-state index contributed by atoms with van der Waals surface area (Å²) in [5, 5.41) is 0. The van der Waals surface area contributed by atoms with E-state index >= 15 is 0 Å². The van der Waals surface area contributed by atoms with Crippen LogP contribution in [0.1, 0.15) is 33.1 Å². The van der Waals surface area contributed by atoms with Crippen LogP contribution in [0.4, 0.5) is 0 Å². The zero-order valence-electron chi connectivity index (χ0n) is 9.54. The van der Waals surface area contributed by atoms with Crippen LogP contribution in [0.15, 0.2) is 0 Å². The van der Waals surface area contributed by atoms with Gasteiger partial charge in [0.25, 0.3) is 0 Å². The molecule has 0 bridgehead atoms. The summed E-state index contributed by atoms with van der Waals surface area (Å²) in [5.41, 5.74) is 5.91. The van der Waals surface area contributed by atoms with Gasteiger partial charge < -0.3 is 15.4 Å². The van der Waals surface area contributed by atoms with Crippen LogP contribution in [0.5, 0.6) is 0 Å². The molecule has 3 heteroatoms. The average molecular weight is 200 g/mol. The average Bonchev–Trinajstić information content (AvgIpc) is 2.15. The second-order valence-electron chi connectivity index (χ2n) is 4.22. The molecule has 0 spiro atoms. The number of ether oxygens (including phenoxy) is 1. The number of piperidine rings is 1. The third-order valence-corrected chi connectivity index (χ3v) is 2.99. The molecule has 1 saturated heterocycles. The lowest BCUT2D eigenvalue weighted by Crippen LogP contribution is -2.45. The van der Waals surface area contributed by atoms with Crippen molar-refractivity contribution in [3.05, 3.63) is 0 Å². The van der Waals surface area contributed by atoms with E-state index in [1.165, 1.54) is 0 Å². The fraction of sp³-hybridized carbons (Fsp3) is 1.00. The third kappa shape index (κ3) is 3.95. The fourth-order valence-electron chi connectivity index (χ4n) is 2.10. The van der Waals surface area contributed by atoms with E-state index in [4.69, 9.17) is 10.5 Å². The van der Waals surface area contributed by atoms with Crippen molar-refractivity contribution in [1.29, 1.82) is 0 Å². The summed E-state index contributed by atoms with van der Waals surface area (Å²) in [4.78, 5) is 2.53. The summed E-state index contributed by atoms with van der Waals surface area (Å²) in [6.07, 6.45) is 3.45. The van der Waals surface area contributed by atoms with E-state index in [1.807, 2.05) is 6.92 Å². The number of hydrogen-bond acceptors (Lipinski definition) is 3. The van der Waals surface area contributed by atoms with Gasteiger partial charge in [-0.05, 0) is 39.7 Å². The highest BCUT2D eigenvalue weighted by Gasteiger charge is 2.22. The highest BCUT2D eigenvalue weighted by molar-refractivity contribution is 4.80. The van der Waals surface area contributed by atoms with Gasteiger partial charge in [-0.15, -0.1) is 0 Å². The van der Waals surface area contributed by atoms with Gasteiger partial charge in [-0.25, -0.2) is 0 Å². The van der Waals surface area contributed by atoms with Crippen LogP contribution in [-0.2, 0) is 4.74 Å². The predicted octanol–water partition coefficient (Wildman–Crippen LogP) is 1.22. The highest BCUT2D eigenvalue weighted by Crippen LogP contribution is 2.15. The minimum atomic E-state index is 0.424. The van der Waals surface area contributed by atoms with Gasteiger partial charge in [0.1, 0.15) is 0 Å². The number of nitrogens with two attached hydrogens (primary N) is 1. The Morgan fingerprint density at radius 2 is 2.29 bits per heavy atom. The van der Waals surface area contributed by atoms with Crippen molar-refractivity contribution in [2.24, 2.45) is 5.73 Å². The molecule has 0 aromatic rings. The molecule has 0 aromatic heterocycles. The molecule has 0 saturated carbocycles. The molecule has 1 rings (SSSR count). The second kappa shape index (κ2) is 6.38. The molecule has 1 aliphatic heterocycles. The summed E-state index contributed by atoms with van der Waals surface area (Å²) in [6, 6.07) is 1.08. The molecule has 3 nitrogen and oxygen atoms in total. The van der Waals surface area contributed by atoms with E-state index in [1.54, 1.807) is 0 Å². The van der Waals surface area contributed by atoms with Gasteiger partial charge in [0.05, 0.1) is 0 Å². The topological polar surface area (TPSA) is 38.5 Å². The van der Waals surface area contributed by atoms with Crippen molar-refractivity contribution >= 4 is 0 Å². The standard InChI is InChI=1S/C11H24N2O/c1-3-14-8-4-6-13-7-5-11(12)9-10(13)2/h10-11H,3-9,12H2,1-2H3. The lowest BCUT2D eigenvalue weighted by molar-refractivity contribution is 0.106. The smallest absolute Gasteiger partial charge is 0.0478 e. The van der Waals surface area contributed by atoms with Gasteiger partial charge in [0.15, 0.2) is 0 Å². The largest absolute Gasteiger partial charge is 0.382 e. The molecule has 1 heterocycles. The molecule has 84 valence electrons. The predicted molar refractivity (Wildman–Crippen MR) is 59.4 cm³/mol. The molecular weight excluding hydrogens is 176 g/mol. The van der Waals surface area contributed by atoms with E-state index in [0.29, 0.717) is 12.1 Å². The Labute approximate surface area is 87.6 Å². The van der Waals surface area contributed by atoms with Crippen molar-refractivity contribution in [1.82, 2.24) is 4.90 Å². The van der Waals surface area contributed by atoms with Gasteiger partial charge in [0.2, 0.25) is 0 Å². The Morgan fingerprint density at radius 3 is 2.93 bits per heavy atom. The first-order valence-corrected chi connectivity index (χ1v) is 5.81. The van der Waals surface area contributed by atoms with E-state index in [0.717, 1.165) is 45.6 Å². The summed E-state index contributed by atoms with van der Waals surface area (Å²) in [7, 11) is 0. The van der Waals surface area contributed by atoms with Crippen molar-refractivity contribution in [3.8, 4) is 0 Å². The Bertz CT molecular complexity index is 152. The van der Waals surface area contributed by atoms with Crippen molar-refractivity contribution in [2.45, 2.75) is 45.2 Å². The van der Waals surface area contributed by atoms with Crippen LogP contribution < -0.4 is 5.73 Å². The number of hydrogen-bond donors (Lipinski definition) is 1. The van der Waals surface area contributed by atoms with Gasteiger partial charge >= 0.3 is 0 Å². The molecule has 0 aliphatic carbocycles. The molecule has 0 aromatic carbocycles. The monoisotopic (exact) mass is 200 g/mol. The molecule has 1 aliphatic rings. The summed E-state index contributed by atoms with van der Waals surface area (Å²) < 4.78 is 5.33. The zero-order chi connectivity index (χ0) is 10.4. The van der Waals surface area contributed by atoms with Gasteiger partial charge in [0, 0.05) is 31.8 Å². The first-order chi connectivity index (χ1) is 6.74. The summed E-state index contributed by atoms with van der Waals surface area (Å²) >= 11 is 0. The highest BCUT2D eigenvalue weighted by atomic mass is 16.5. The van der Waals surface area contributed by atoms with Crippen LogP contribution in [-0.4, -0.2) is 43.3 Å². The Morgan fingerprint density at radius 1 is 1.50 bits per heavy atom. The Hall–Kier alpha value is -0.120.